The van der Waals surface area contributed by atoms with Crippen LogP contribution in [0.5, 0.6) is 0 Å². The number of hydrogen-bond donors (Lipinski definition) is 0. The Balaban J connectivity index is 1.20. The predicted octanol–water partition coefficient (Wildman–Crippen LogP) is 13.7. The highest BCUT2D eigenvalue weighted by Crippen LogP contribution is 2.45. The van der Waals surface area contributed by atoms with E-state index in [1.165, 1.54) is 33.0 Å². The Bertz CT molecular complexity index is 2580. The van der Waals surface area contributed by atoms with Crippen LogP contribution in [0.2, 0.25) is 0 Å². The van der Waals surface area contributed by atoms with Gasteiger partial charge in [-0.05, 0) is 69.6 Å². The van der Waals surface area contributed by atoms with Crippen LogP contribution < -0.4 is 4.90 Å². The Labute approximate surface area is 292 Å². The summed E-state index contributed by atoms with van der Waals surface area (Å²) in [7, 11) is 0. The second-order valence-electron chi connectivity index (χ2n) is 12.5. The fourth-order valence-electron chi connectivity index (χ4n) is 7.15. The van der Waals surface area contributed by atoms with Crippen molar-refractivity contribution in [3.8, 4) is 44.7 Å². The molecule has 0 N–H and O–H groups in total. The van der Waals surface area contributed by atoms with Crippen LogP contribution >= 0.6 is 0 Å². The van der Waals surface area contributed by atoms with Crippen LogP contribution in [0.4, 0.5) is 17.1 Å². The highest BCUT2D eigenvalue weighted by atomic mass is 16.3. The van der Waals surface area contributed by atoms with E-state index in [0.717, 1.165) is 50.5 Å². The molecular weight excluding hydrogens is 607 g/mol. The SMILES string of the molecule is c1ccc(-c2ccccc2-c2ccc(N(c3cccc(-c4oc5ccccc5c4-c4ccccc4)c3)c3cccc4ccccc34)cc2)cc1. The van der Waals surface area contributed by atoms with Crippen molar-refractivity contribution >= 4 is 38.8 Å². The van der Waals surface area contributed by atoms with E-state index in [9.17, 15) is 0 Å². The predicted molar refractivity (Wildman–Crippen MR) is 210 cm³/mol. The summed E-state index contributed by atoms with van der Waals surface area (Å²) in [5, 5.41) is 3.49. The third-order valence-corrected chi connectivity index (χ3v) is 9.48. The second kappa shape index (κ2) is 12.8. The third-order valence-electron chi connectivity index (χ3n) is 9.48. The van der Waals surface area contributed by atoms with Crippen molar-refractivity contribution in [3.63, 3.8) is 0 Å². The third kappa shape index (κ3) is 5.34. The molecule has 0 amide bonds. The van der Waals surface area contributed by atoms with E-state index < -0.39 is 0 Å². The van der Waals surface area contributed by atoms with Crippen molar-refractivity contribution in [2.45, 2.75) is 0 Å². The minimum Gasteiger partial charge on any atom is -0.455 e. The Hall–Kier alpha value is -6.64. The maximum atomic E-state index is 6.65. The molecule has 50 heavy (non-hydrogen) atoms. The van der Waals surface area contributed by atoms with Gasteiger partial charge in [0.1, 0.15) is 11.3 Å². The lowest BCUT2D eigenvalue weighted by atomic mass is 9.94. The lowest BCUT2D eigenvalue weighted by Crippen LogP contribution is -2.10. The molecule has 0 bridgehead atoms. The van der Waals surface area contributed by atoms with Gasteiger partial charge in [-0.25, -0.2) is 0 Å². The molecule has 9 rings (SSSR count). The van der Waals surface area contributed by atoms with E-state index in [-0.39, 0.29) is 0 Å². The Morgan fingerprint density at radius 2 is 0.920 bits per heavy atom. The van der Waals surface area contributed by atoms with Gasteiger partial charge in [0, 0.05) is 33.3 Å². The van der Waals surface area contributed by atoms with Crippen LogP contribution in [0.15, 0.2) is 205 Å². The normalized spacial score (nSPS) is 11.2. The molecule has 0 aliphatic carbocycles. The summed E-state index contributed by atoms with van der Waals surface area (Å²) in [5.74, 6) is 0.866. The molecule has 0 spiro atoms. The van der Waals surface area contributed by atoms with Crippen LogP contribution in [0.1, 0.15) is 0 Å². The quantitative estimate of drug-likeness (QED) is 0.173. The average molecular weight is 640 g/mol. The molecule has 0 unspecified atom stereocenters. The molecule has 236 valence electrons. The zero-order valence-electron chi connectivity index (χ0n) is 27.4. The minimum atomic E-state index is 0.866. The molecule has 9 aromatic rings. The van der Waals surface area contributed by atoms with Crippen molar-refractivity contribution in [1.29, 1.82) is 0 Å². The molecule has 0 radical (unpaired) electrons. The van der Waals surface area contributed by atoms with Gasteiger partial charge in [-0.1, -0.05) is 164 Å². The molecule has 0 fully saturated rings. The molecule has 0 aliphatic rings. The van der Waals surface area contributed by atoms with E-state index in [1.807, 2.05) is 6.07 Å². The van der Waals surface area contributed by atoms with Crippen LogP contribution in [-0.2, 0) is 0 Å². The summed E-state index contributed by atoms with van der Waals surface area (Å²) < 4.78 is 6.65. The number of rotatable bonds is 7. The highest BCUT2D eigenvalue weighted by molar-refractivity contribution is 6.03. The molecule has 0 atom stereocenters. The van der Waals surface area contributed by atoms with E-state index >= 15 is 0 Å². The van der Waals surface area contributed by atoms with Gasteiger partial charge < -0.3 is 9.32 Å². The van der Waals surface area contributed by atoms with E-state index in [4.69, 9.17) is 4.42 Å². The van der Waals surface area contributed by atoms with Crippen LogP contribution in [0, 0.1) is 0 Å². The van der Waals surface area contributed by atoms with Gasteiger partial charge in [-0.2, -0.15) is 0 Å². The van der Waals surface area contributed by atoms with Crippen LogP contribution in [0.25, 0.3) is 66.4 Å². The molecule has 2 heteroatoms. The largest absolute Gasteiger partial charge is 0.455 e. The first kappa shape index (κ1) is 29.5. The second-order valence-corrected chi connectivity index (χ2v) is 12.5. The Morgan fingerprint density at radius 1 is 0.360 bits per heavy atom. The number of fused-ring (bicyclic) bond motifs is 2. The maximum Gasteiger partial charge on any atom is 0.143 e. The smallest absolute Gasteiger partial charge is 0.143 e. The summed E-state index contributed by atoms with van der Waals surface area (Å²) in [6.45, 7) is 0. The first-order valence-corrected chi connectivity index (χ1v) is 17.0. The van der Waals surface area contributed by atoms with Crippen molar-refractivity contribution in [2.24, 2.45) is 0 Å². The molecule has 8 aromatic carbocycles. The summed E-state index contributed by atoms with van der Waals surface area (Å²) in [5.41, 5.74) is 12.2. The van der Waals surface area contributed by atoms with Crippen LogP contribution in [-0.4, -0.2) is 0 Å². The fraction of sp³-hybridized carbons (Fsp3) is 0. The molecule has 1 aromatic heterocycles. The Kier molecular flexibility index (Phi) is 7.53. The number of furan rings is 1. The maximum absolute atomic E-state index is 6.65. The van der Waals surface area contributed by atoms with Gasteiger partial charge in [0.25, 0.3) is 0 Å². The summed E-state index contributed by atoms with van der Waals surface area (Å²) >= 11 is 0. The van der Waals surface area contributed by atoms with E-state index in [0.29, 0.717) is 0 Å². The molecule has 2 nitrogen and oxygen atoms in total. The molecule has 0 saturated heterocycles. The molecule has 1 heterocycles. The first-order valence-electron chi connectivity index (χ1n) is 17.0. The summed E-state index contributed by atoms with van der Waals surface area (Å²) in [6, 6.07) is 70.9. The fourth-order valence-corrected chi connectivity index (χ4v) is 7.15. The number of nitrogens with zero attached hydrogens (tertiary/aromatic N) is 1. The first-order chi connectivity index (χ1) is 24.8. The topological polar surface area (TPSA) is 16.4 Å². The number of hydrogen-bond acceptors (Lipinski definition) is 2. The van der Waals surface area contributed by atoms with Crippen molar-refractivity contribution in [2.75, 3.05) is 4.90 Å². The van der Waals surface area contributed by atoms with Gasteiger partial charge >= 0.3 is 0 Å². The summed E-state index contributed by atoms with van der Waals surface area (Å²) in [6.07, 6.45) is 0. The zero-order valence-corrected chi connectivity index (χ0v) is 27.4. The van der Waals surface area contributed by atoms with Gasteiger partial charge in [-0.3, -0.25) is 0 Å². The van der Waals surface area contributed by atoms with Crippen molar-refractivity contribution in [3.05, 3.63) is 200 Å². The van der Waals surface area contributed by atoms with Gasteiger partial charge in [-0.15, -0.1) is 0 Å². The molecule has 0 saturated carbocycles. The van der Waals surface area contributed by atoms with Crippen molar-refractivity contribution in [1.82, 2.24) is 0 Å². The lowest BCUT2D eigenvalue weighted by Gasteiger charge is -2.27. The zero-order chi connectivity index (χ0) is 33.3. The molecular formula is C48H33NO. The average Bonchev–Trinajstić information content (AvgIpc) is 3.59. The number of para-hydroxylation sites is 1. The number of anilines is 3. The van der Waals surface area contributed by atoms with Gasteiger partial charge in [0.2, 0.25) is 0 Å². The monoisotopic (exact) mass is 639 g/mol. The van der Waals surface area contributed by atoms with Crippen molar-refractivity contribution < 1.29 is 4.42 Å². The van der Waals surface area contributed by atoms with E-state index in [2.05, 4.69) is 199 Å². The standard InChI is InChI=1S/C48H33NO/c1-3-15-34(16-4-1)41-23-9-10-24-42(41)36-29-31-39(32-30-36)49(45-27-14-20-35-17-7-8-25-43(35)45)40-22-13-21-38(33-40)48-47(37-18-5-2-6-19-37)44-26-11-12-28-46(44)50-48/h1-33H. The summed E-state index contributed by atoms with van der Waals surface area (Å²) in [4.78, 5) is 2.36. The Morgan fingerprint density at radius 3 is 1.68 bits per heavy atom. The van der Waals surface area contributed by atoms with Crippen LogP contribution in [0.3, 0.4) is 0 Å². The number of benzene rings is 8. The van der Waals surface area contributed by atoms with E-state index in [1.54, 1.807) is 0 Å². The lowest BCUT2D eigenvalue weighted by molar-refractivity contribution is 0.632. The minimum absolute atomic E-state index is 0.866. The molecule has 0 aliphatic heterocycles. The highest BCUT2D eigenvalue weighted by Gasteiger charge is 2.21. The van der Waals surface area contributed by atoms with Gasteiger partial charge in [0.15, 0.2) is 0 Å². The van der Waals surface area contributed by atoms with Gasteiger partial charge in [0.05, 0.1) is 5.69 Å².